The van der Waals surface area contributed by atoms with Crippen molar-refractivity contribution in [3.05, 3.63) is 42.5 Å². The molecule has 15 heavy (non-hydrogen) atoms. The van der Waals surface area contributed by atoms with Crippen molar-refractivity contribution in [3.8, 4) is 5.75 Å². The van der Waals surface area contributed by atoms with Crippen molar-refractivity contribution in [1.29, 1.82) is 0 Å². The first kappa shape index (κ1) is 11.6. The molecule has 0 fully saturated rings. The van der Waals surface area contributed by atoms with Crippen LogP contribution in [0.4, 0.5) is 0 Å². The Bertz CT molecular complexity index is 407. The van der Waals surface area contributed by atoms with E-state index in [1.807, 2.05) is 24.3 Å². The Morgan fingerprint density at radius 1 is 0.933 bits per heavy atom. The Labute approximate surface area is 91.7 Å². The topological polar surface area (TPSA) is 9.23 Å². The lowest BCUT2D eigenvalue weighted by Gasteiger charge is -2.00. The standard InChI is InChI=1S/C11H10O.C3H8/c1-12-11-7-6-9-4-2-3-5-10(9)8-11;1-3-2/h2-8H,1H3;3H2,1-2H3. The molecule has 0 aliphatic carbocycles. The molecule has 0 aliphatic rings. The van der Waals surface area contributed by atoms with E-state index in [2.05, 4.69) is 32.0 Å². The van der Waals surface area contributed by atoms with E-state index in [0.717, 1.165) is 5.75 Å². The normalized spacial score (nSPS) is 9.27. The molecule has 0 unspecified atom stereocenters. The summed E-state index contributed by atoms with van der Waals surface area (Å²) in [4.78, 5) is 0. The van der Waals surface area contributed by atoms with Crippen LogP contribution in [0.1, 0.15) is 20.3 Å². The molecule has 2 rings (SSSR count). The number of benzene rings is 2. The molecule has 80 valence electrons. The van der Waals surface area contributed by atoms with Crippen LogP contribution in [0.5, 0.6) is 5.75 Å². The van der Waals surface area contributed by atoms with Gasteiger partial charge in [-0.2, -0.15) is 0 Å². The van der Waals surface area contributed by atoms with Gasteiger partial charge in [-0.25, -0.2) is 0 Å². The number of hydrogen-bond donors (Lipinski definition) is 0. The molecular formula is C14H18O. The number of hydrogen-bond acceptors (Lipinski definition) is 1. The average Bonchev–Trinajstić information content (AvgIpc) is 2.29. The molecule has 0 saturated heterocycles. The number of ether oxygens (including phenoxy) is 1. The van der Waals surface area contributed by atoms with Gasteiger partial charge in [-0.3, -0.25) is 0 Å². The van der Waals surface area contributed by atoms with Crippen molar-refractivity contribution >= 4 is 10.8 Å². The molecule has 1 heteroatoms. The highest BCUT2D eigenvalue weighted by molar-refractivity contribution is 5.83. The molecule has 2 aromatic rings. The van der Waals surface area contributed by atoms with Crippen molar-refractivity contribution in [3.63, 3.8) is 0 Å². The fourth-order valence-corrected chi connectivity index (χ4v) is 1.29. The molecule has 0 saturated carbocycles. The van der Waals surface area contributed by atoms with Crippen LogP contribution in [-0.4, -0.2) is 7.11 Å². The minimum Gasteiger partial charge on any atom is -0.497 e. The van der Waals surface area contributed by atoms with Crippen LogP contribution in [0.15, 0.2) is 42.5 Å². The maximum Gasteiger partial charge on any atom is 0.119 e. The first-order valence-corrected chi connectivity index (χ1v) is 5.34. The highest BCUT2D eigenvalue weighted by Crippen LogP contribution is 2.19. The van der Waals surface area contributed by atoms with Crippen LogP contribution in [0.3, 0.4) is 0 Å². The highest BCUT2D eigenvalue weighted by Gasteiger charge is 1.93. The predicted octanol–water partition coefficient (Wildman–Crippen LogP) is 4.26. The summed E-state index contributed by atoms with van der Waals surface area (Å²) in [7, 11) is 1.68. The molecule has 0 N–H and O–H groups in total. The Balaban J connectivity index is 0.000000337. The third kappa shape index (κ3) is 3.28. The van der Waals surface area contributed by atoms with Crippen molar-refractivity contribution < 1.29 is 4.74 Å². The second-order valence-corrected chi connectivity index (χ2v) is 3.42. The van der Waals surface area contributed by atoms with Gasteiger partial charge in [-0.1, -0.05) is 50.6 Å². The van der Waals surface area contributed by atoms with Crippen LogP contribution in [-0.2, 0) is 0 Å². The Morgan fingerprint density at radius 3 is 2.13 bits per heavy atom. The molecule has 0 aromatic heterocycles. The number of methoxy groups -OCH3 is 1. The molecule has 0 bridgehead atoms. The maximum absolute atomic E-state index is 5.12. The minimum absolute atomic E-state index is 0.911. The van der Waals surface area contributed by atoms with Gasteiger partial charge in [0, 0.05) is 0 Å². The SMILES string of the molecule is CCC.COc1ccc2ccccc2c1. The molecule has 1 nitrogen and oxygen atoms in total. The Kier molecular flexibility index (Phi) is 4.69. The zero-order chi connectivity index (χ0) is 11.1. The lowest BCUT2D eigenvalue weighted by molar-refractivity contribution is 0.415. The Morgan fingerprint density at radius 2 is 1.53 bits per heavy atom. The predicted molar refractivity (Wildman–Crippen MR) is 66.5 cm³/mol. The summed E-state index contributed by atoms with van der Waals surface area (Å²) in [6, 6.07) is 14.3. The fraction of sp³-hybridized carbons (Fsp3) is 0.286. The summed E-state index contributed by atoms with van der Waals surface area (Å²) in [6.45, 7) is 4.25. The first-order valence-electron chi connectivity index (χ1n) is 5.34. The zero-order valence-corrected chi connectivity index (χ0v) is 9.66. The number of rotatable bonds is 1. The van der Waals surface area contributed by atoms with Gasteiger partial charge in [0.15, 0.2) is 0 Å². The lowest BCUT2D eigenvalue weighted by atomic mass is 10.1. The molecule has 0 heterocycles. The van der Waals surface area contributed by atoms with E-state index in [0.29, 0.717) is 0 Å². The second kappa shape index (κ2) is 6.07. The molecule has 0 spiro atoms. The van der Waals surface area contributed by atoms with E-state index < -0.39 is 0 Å². The van der Waals surface area contributed by atoms with Gasteiger partial charge in [-0.05, 0) is 22.9 Å². The van der Waals surface area contributed by atoms with E-state index in [9.17, 15) is 0 Å². The Hall–Kier alpha value is -1.50. The van der Waals surface area contributed by atoms with E-state index in [4.69, 9.17) is 4.74 Å². The summed E-state index contributed by atoms with van der Waals surface area (Å²) >= 11 is 0. The van der Waals surface area contributed by atoms with Gasteiger partial charge in [-0.15, -0.1) is 0 Å². The van der Waals surface area contributed by atoms with Gasteiger partial charge in [0.2, 0.25) is 0 Å². The summed E-state index contributed by atoms with van der Waals surface area (Å²) in [5.74, 6) is 0.911. The van der Waals surface area contributed by atoms with Gasteiger partial charge in [0.1, 0.15) is 5.75 Å². The molecular weight excluding hydrogens is 184 g/mol. The van der Waals surface area contributed by atoms with E-state index in [-0.39, 0.29) is 0 Å². The van der Waals surface area contributed by atoms with Crippen LogP contribution in [0.2, 0.25) is 0 Å². The summed E-state index contributed by atoms with van der Waals surface area (Å²) < 4.78 is 5.12. The smallest absolute Gasteiger partial charge is 0.119 e. The lowest BCUT2D eigenvalue weighted by Crippen LogP contribution is -1.81. The molecule has 0 atom stereocenters. The van der Waals surface area contributed by atoms with Crippen molar-refractivity contribution in [2.45, 2.75) is 20.3 Å². The van der Waals surface area contributed by atoms with Gasteiger partial charge >= 0.3 is 0 Å². The first-order chi connectivity index (χ1) is 7.31. The van der Waals surface area contributed by atoms with Gasteiger partial charge in [0.05, 0.1) is 7.11 Å². The average molecular weight is 202 g/mol. The van der Waals surface area contributed by atoms with Gasteiger partial charge < -0.3 is 4.74 Å². The molecule has 0 radical (unpaired) electrons. The fourth-order valence-electron chi connectivity index (χ4n) is 1.29. The maximum atomic E-state index is 5.12. The van der Waals surface area contributed by atoms with Gasteiger partial charge in [0.25, 0.3) is 0 Å². The summed E-state index contributed by atoms with van der Waals surface area (Å²) in [5, 5.41) is 2.47. The van der Waals surface area contributed by atoms with Crippen molar-refractivity contribution in [1.82, 2.24) is 0 Å². The molecule has 0 amide bonds. The van der Waals surface area contributed by atoms with Crippen LogP contribution in [0.25, 0.3) is 10.8 Å². The third-order valence-electron chi connectivity index (χ3n) is 1.96. The second-order valence-electron chi connectivity index (χ2n) is 3.42. The van der Waals surface area contributed by atoms with E-state index >= 15 is 0 Å². The van der Waals surface area contributed by atoms with Crippen LogP contribution >= 0.6 is 0 Å². The number of fused-ring (bicyclic) bond motifs is 1. The van der Waals surface area contributed by atoms with Crippen molar-refractivity contribution in [2.24, 2.45) is 0 Å². The van der Waals surface area contributed by atoms with Crippen molar-refractivity contribution in [2.75, 3.05) is 7.11 Å². The van der Waals surface area contributed by atoms with Crippen LogP contribution < -0.4 is 4.74 Å². The molecule has 0 aliphatic heterocycles. The molecule has 2 aromatic carbocycles. The third-order valence-corrected chi connectivity index (χ3v) is 1.96. The van der Waals surface area contributed by atoms with E-state index in [1.165, 1.54) is 17.2 Å². The summed E-state index contributed by atoms with van der Waals surface area (Å²) in [5.41, 5.74) is 0. The minimum atomic E-state index is 0.911. The highest BCUT2D eigenvalue weighted by atomic mass is 16.5. The van der Waals surface area contributed by atoms with Crippen LogP contribution in [0, 0.1) is 0 Å². The zero-order valence-electron chi connectivity index (χ0n) is 9.66. The largest absolute Gasteiger partial charge is 0.497 e. The van der Waals surface area contributed by atoms with E-state index in [1.54, 1.807) is 7.11 Å². The quantitative estimate of drug-likeness (QED) is 0.671. The summed E-state index contributed by atoms with van der Waals surface area (Å²) in [6.07, 6.45) is 1.25. The monoisotopic (exact) mass is 202 g/mol.